The van der Waals surface area contributed by atoms with Crippen molar-refractivity contribution < 1.29 is 23.8 Å². The van der Waals surface area contributed by atoms with E-state index in [1.807, 2.05) is 0 Å². The van der Waals surface area contributed by atoms with Crippen molar-refractivity contribution in [3.63, 3.8) is 0 Å². The molecule has 0 atom stereocenters. The largest absolute Gasteiger partial charge is 0.497 e. The highest BCUT2D eigenvalue weighted by molar-refractivity contribution is 5.94. The van der Waals surface area contributed by atoms with E-state index in [2.05, 4.69) is 10.3 Å². The van der Waals surface area contributed by atoms with E-state index in [9.17, 15) is 9.18 Å². The molecule has 0 saturated carbocycles. The monoisotopic (exact) mass is 292 g/mol. The van der Waals surface area contributed by atoms with E-state index in [0.717, 1.165) is 12.3 Å². The first kappa shape index (κ1) is 14.6. The highest BCUT2D eigenvalue weighted by Gasteiger charge is 2.14. The lowest BCUT2D eigenvalue weighted by Crippen LogP contribution is -2.06. The molecule has 0 aliphatic rings. The van der Waals surface area contributed by atoms with Gasteiger partial charge in [-0.15, -0.1) is 0 Å². The lowest BCUT2D eigenvalue weighted by molar-refractivity contribution is 0.0697. The minimum atomic E-state index is -1.28. The number of carboxylic acids is 1. The van der Waals surface area contributed by atoms with E-state index in [0.29, 0.717) is 17.2 Å². The SMILES string of the molecule is COc1cc(Nc2ncc(F)cc2C(=O)O)cc(OC)c1. The van der Waals surface area contributed by atoms with Gasteiger partial charge in [0, 0.05) is 23.9 Å². The number of hydrogen-bond acceptors (Lipinski definition) is 5. The second kappa shape index (κ2) is 6.08. The van der Waals surface area contributed by atoms with Crippen LogP contribution >= 0.6 is 0 Å². The number of carboxylic acid groups (broad SMARTS) is 1. The van der Waals surface area contributed by atoms with Gasteiger partial charge in [0.15, 0.2) is 0 Å². The van der Waals surface area contributed by atoms with Gasteiger partial charge in [-0.1, -0.05) is 0 Å². The second-order valence-corrected chi connectivity index (χ2v) is 4.08. The molecule has 2 rings (SSSR count). The van der Waals surface area contributed by atoms with Gasteiger partial charge in [0.1, 0.15) is 28.7 Å². The number of hydrogen-bond donors (Lipinski definition) is 2. The van der Waals surface area contributed by atoms with E-state index < -0.39 is 11.8 Å². The Bertz CT molecular complexity index is 654. The summed E-state index contributed by atoms with van der Waals surface area (Å²) in [5, 5.41) is 11.9. The Kier molecular flexibility index (Phi) is 4.22. The van der Waals surface area contributed by atoms with Gasteiger partial charge in [-0.05, 0) is 6.07 Å². The topological polar surface area (TPSA) is 80.7 Å². The predicted octanol–water partition coefficient (Wildman–Crippen LogP) is 2.68. The molecule has 1 aromatic heterocycles. The number of aromatic nitrogens is 1. The van der Waals surface area contributed by atoms with Crippen molar-refractivity contribution >= 4 is 17.5 Å². The summed E-state index contributed by atoms with van der Waals surface area (Å²) >= 11 is 0. The molecular weight excluding hydrogens is 279 g/mol. The minimum absolute atomic E-state index is 0.0270. The van der Waals surface area contributed by atoms with Gasteiger partial charge in [-0.3, -0.25) is 0 Å². The molecule has 0 aliphatic heterocycles. The molecule has 0 unspecified atom stereocenters. The van der Waals surface area contributed by atoms with Crippen molar-refractivity contribution in [1.29, 1.82) is 0 Å². The van der Waals surface area contributed by atoms with Crippen LogP contribution in [0.15, 0.2) is 30.5 Å². The Morgan fingerprint density at radius 2 is 1.81 bits per heavy atom. The quantitative estimate of drug-likeness (QED) is 0.882. The molecule has 1 aromatic carbocycles. The summed E-state index contributed by atoms with van der Waals surface area (Å²) in [5.41, 5.74) is 0.240. The van der Waals surface area contributed by atoms with Crippen molar-refractivity contribution in [2.24, 2.45) is 0 Å². The standard InChI is InChI=1S/C14H13FN2O4/c1-20-10-4-9(5-11(6-10)21-2)17-13-12(14(18)19)3-8(15)7-16-13/h3-7H,1-2H3,(H,16,17)(H,18,19). The number of nitrogens with one attached hydrogen (secondary N) is 1. The maximum Gasteiger partial charge on any atom is 0.339 e. The minimum Gasteiger partial charge on any atom is -0.497 e. The first-order valence-electron chi connectivity index (χ1n) is 5.92. The van der Waals surface area contributed by atoms with Crippen molar-refractivity contribution in [2.45, 2.75) is 0 Å². The van der Waals surface area contributed by atoms with Crippen LogP contribution in [-0.4, -0.2) is 30.3 Å². The van der Waals surface area contributed by atoms with Crippen molar-refractivity contribution in [2.75, 3.05) is 19.5 Å². The van der Waals surface area contributed by atoms with Crippen LogP contribution in [0.1, 0.15) is 10.4 Å². The Morgan fingerprint density at radius 3 is 2.33 bits per heavy atom. The summed E-state index contributed by atoms with van der Waals surface area (Å²) in [6.45, 7) is 0. The van der Waals surface area contributed by atoms with Crippen LogP contribution in [0.4, 0.5) is 15.9 Å². The number of rotatable bonds is 5. The number of halogens is 1. The molecule has 7 heteroatoms. The van der Waals surface area contributed by atoms with E-state index in [1.54, 1.807) is 18.2 Å². The zero-order valence-corrected chi connectivity index (χ0v) is 11.4. The molecule has 0 saturated heterocycles. The third-order valence-corrected chi connectivity index (χ3v) is 2.70. The number of aromatic carboxylic acids is 1. The predicted molar refractivity (Wildman–Crippen MR) is 74.0 cm³/mol. The molecule has 0 bridgehead atoms. The van der Waals surface area contributed by atoms with Gasteiger partial charge < -0.3 is 19.9 Å². The van der Waals surface area contributed by atoms with Crippen LogP contribution in [0.3, 0.4) is 0 Å². The molecular formula is C14H13FN2O4. The molecule has 1 heterocycles. The Morgan fingerprint density at radius 1 is 1.19 bits per heavy atom. The first-order chi connectivity index (χ1) is 10.0. The van der Waals surface area contributed by atoms with Gasteiger partial charge in [0.2, 0.25) is 0 Å². The van der Waals surface area contributed by atoms with E-state index in [-0.39, 0.29) is 11.4 Å². The maximum atomic E-state index is 13.1. The molecule has 0 radical (unpaired) electrons. The van der Waals surface area contributed by atoms with Gasteiger partial charge in [0.25, 0.3) is 0 Å². The smallest absolute Gasteiger partial charge is 0.339 e. The molecule has 2 aromatic rings. The average molecular weight is 292 g/mol. The molecule has 6 nitrogen and oxygen atoms in total. The second-order valence-electron chi connectivity index (χ2n) is 4.08. The number of anilines is 2. The molecule has 0 spiro atoms. The van der Waals surface area contributed by atoms with Gasteiger partial charge in [-0.25, -0.2) is 14.2 Å². The summed E-state index contributed by atoms with van der Waals surface area (Å²) in [7, 11) is 2.99. The molecule has 0 aliphatic carbocycles. The lowest BCUT2D eigenvalue weighted by atomic mass is 10.2. The maximum absolute atomic E-state index is 13.1. The normalized spacial score (nSPS) is 10.0. The summed E-state index contributed by atoms with van der Waals surface area (Å²) in [6.07, 6.45) is 0.937. The number of carbonyl (C=O) groups is 1. The Labute approximate surface area is 120 Å². The van der Waals surface area contributed by atoms with Crippen LogP contribution in [0.25, 0.3) is 0 Å². The summed E-state index contributed by atoms with van der Waals surface area (Å²) in [5.74, 6) is -0.925. The number of pyridine rings is 1. The molecule has 2 N–H and O–H groups in total. The number of ether oxygens (including phenoxy) is 2. The summed E-state index contributed by atoms with van der Waals surface area (Å²) in [4.78, 5) is 14.9. The highest BCUT2D eigenvalue weighted by atomic mass is 19.1. The molecule has 0 fully saturated rings. The van der Waals surface area contributed by atoms with Gasteiger partial charge >= 0.3 is 5.97 Å². The fraction of sp³-hybridized carbons (Fsp3) is 0.143. The van der Waals surface area contributed by atoms with Gasteiger partial charge in [0.05, 0.1) is 20.4 Å². The van der Waals surface area contributed by atoms with Crippen LogP contribution in [0.2, 0.25) is 0 Å². The fourth-order valence-electron chi connectivity index (χ4n) is 1.72. The number of benzene rings is 1. The van der Waals surface area contributed by atoms with Crippen LogP contribution in [0, 0.1) is 5.82 Å². The lowest BCUT2D eigenvalue weighted by Gasteiger charge is -2.11. The molecule has 0 amide bonds. The van der Waals surface area contributed by atoms with Crippen LogP contribution < -0.4 is 14.8 Å². The van der Waals surface area contributed by atoms with E-state index in [4.69, 9.17) is 14.6 Å². The van der Waals surface area contributed by atoms with E-state index >= 15 is 0 Å². The number of nitrogens with zero attached hydrogens (tertiary/aromatic N) is 1. The fourth-order valence-corrected chi connectivity index (χ4v) is 1.72. The van der Waals surface area contributed by atoms with Gasteiger partial charge in [-0.2, -0.15) is 0 Å². The van der Waals surface area contributed by atoms with Crippen molar-refractivity contribution in [3.05, 3.63) is 41.8 Å². The van der Waals surface area contributed by atoms with E-state index in [1.165, 1.54) is 14.2 Å². The zero-order chi connectivity index (χ0) is 15.4. The highest BCUT2D eigenvalue weighted by Crippen LogP contribution is 2.28. The first-order valence-corrected chi connectivity index (χ1v) is 5.92. The van der Waals surface area contributed by atoms with Crippen LogP contribution in [-0.2, 0) is 0 Å². The van der Waals surface area contributed by atoms with Crippen molar-refractivity contribution in [1.82, 2.24) is 4.98 Å². The summed E-state index contributed by atoms with van der Waals surface area (Å²) in [6, 6.07) is 5.84. The molecule has 110 valence electrons. The molecule has 21 heavy (non-hydrogen) atoms. The third-order valence-electron chi connectivity index (χ3n) is 2.70. The Balaban J connectivity index is 2.40. The summed E-state index contributed by atoms with van der Waals surface area (Å²) < 4.78 is 23.3. The van der Waals surface area contributed by atoms with Crippen molar-refractivity contribution in [3.8, 4) is 11.5 Å². The van der Waals surface area contributed by atoms with Crippen LogP contribution in [0.5, 0.6) is 11.5 Å². The Hall–Kier alpha value is -2.83. The number of methoxy groups -OCH3 is 2. The average Bonchev–Trinajstić information content (AvgIpc) is 2.48. The third kappa shape index (κ3) is 3.38. The zero-order valence-electron chi connectivity index (χ0n) is 11.4.